The van der Waals surface area contributed by atoms with Crippen LogP contribution in [0.3, 0.4) is 0 Å². The summed E-state index contributed by atoms with van der Waals surface area (Å²) in [6.45, 7) is 6.82. The Morgan fingerprint density at radius 3 is 2.53 bits per heavy atom. The van der Waals surface area contributed by atoms with Crippen molar-refractivity contribution in [3.63, 3.8) is 0 Å². The third kappa shape index (κ3) is 3.57. The summed E-state index contributed by atoms with van der Waals surface area (Å²) in [5.74, 6) is 0.933. The smallest absolute Gasteiger partial charge is 0.0294 e. The van der Waals surface area contributed by atoms with Gasteiger partial charge in [0.15, 0.2) is 0 Å². The van der Waals surface area contributed by atoms with Crippen molar-refractivity contribution in [2.45, 2.75) is 58.5 Å². The molecule has 0 aromatic heterocycles. The zero-order chi connectivity index (χ0) is 12.3. The molecule has 1 heteroatoms. The van der Waals surface area contributed by atoms with Crippen molar-refractivity contribution in [1.29, 1.82) is 0 Å². The summed E-state index contributed by atoms with van der Waals surface area (Å²) in [5, 5.41) is 3.78. The van der Waals surface area contributed by atoms with E-state index in [1.165, 1.54) is 36.8 Å². The fraction of sp³-hybridized carbons (Fsp3) is 0.625. The number of aryl methyl sites for hydroxylation is 1. The molecule has 0 amide bonds. The zero-order valence-corrected chi connectivity index (χ0v) is 11.4. The minimum atomic E-state index is 0.480. The molecule has 1 fully saturated rings. The molecule has 0 saturated heterocycles. The number of rotatable bonds is 3. The second-order valence-corrected chi connectivity index (χ2v) is 5.76. The predicted octanol–water partition coefficient (Wildman–Crippen LogP) is 4.22. The molecule has 0 spiro atoms. The van der Waals surface area contributed by atoms with Crippen LogP contribution in [0.25, 0.3) is 0 Å². The second kappa shape index (κ2) is 5.68. The molecule has 17 heavy (non-hydrogen) atoms. The molecule has 1 unspecified atom stereocenters. The van der Waals surface area contributed by atoms with Gasteiger partial charge in [-0.25, -0.2) is 0 Å². The first-order chi connectivity index (χ1) is 8.15. The van der Waals surface area contributed by atoms with Crippen LogP contribution in [0, 0.1) is 12.8 Å². The molecule has 1 N–H and O–H groups in total. The summed E-state index contributed by atoms with van der Waals surface area (Å²) >= 11 is 0. The molecule has 0 heterocycles. The first-order valence-electron chi connectivity index (χ1n) is 6.98. The van der Waals surface area contributed by atoms with Crippen molar-refractivity contribution in [3.8, 4) is 0 Å². The first kappa shape index (κ1) is 12.6. The van der Waals surface area contributed by atoms with Gasteiger partial charge in [-0.15, -0.1) is 0 Å². The maximum absolute atomic E-state index is 3.78. The highest BCUT2D eigenvalue weighted by atomic mass is 14.9. The van der Waals surface area contributed by atoms with E-state index >= 15 is 0 Å². The van der Waals surface area contributed by atoms with E-state index in [0.29, 0.717) is 6.04 Å². The van der Waals surface area contributed by atoms with Crippen molar-refractivity contribution in [1.82, 2.24) is 5.32 Å². The molecule has 1 aromatic carbocycles. The van der Waals surface area contributed by atoms with Crippen LogP contribution < -0.4 is 5.32 Å². The Bertz CT molecular complexity index is 350. The van der Waals surface area contributed by atoms with E-state index in [1.54, 1.807) is 0 Å². The summed E-state index contributed by atoms with van der Waals surface area (Å²) in [7, 11) is 0. The highest BCUT2D eigenvalue weighted by molar-refractivity contribution is 5.24. The van der Waals surface area contributed by atoms with Gasteiger partial charge in [0.25, 0.3) is 0 Å². The van der Waals surface area contributed by atoms with Gasteiger partial charge < -0.3 is 5.32 Å². The highest BCUT2D eigenvalue weighted by Crippen LogP contribution is 2.25. The van der Waals surface area contributed by atoms with Gasteiger partial charge in [-0.05, 0) is 51.0 Å². The van der Waals surface area contributed by atoms with Gasteiger partial charge in [0.1, 0.15) is 0 Å². The van der Waals surface area contributed by atoms with Crippen molar-refractivity contribution in [3.05, 3.63) is 35.4 Å². The van der Waals surface area contributed by atoms with Crippen LogP contribution in [-0.4, -0.2) is 6.04 Å². The summed E-state index contributed by atoms with van der Waals surface area (Å²) < 4.78 is 0. The van der Waals surface area contributed by atoms with Gasteiger partial charge in [-0.3, -0.25) is 0 Å². The molecule has 1 aliphatic rings. The number of hydrogen-bond donors (Lipinski definition) is 1. The van der Waals surface area contributed by atoms with Crippen molar-refractivity contribution in [2.75, 3.05) is 0 Å². The topological polar surface area (TPSA) is 12.0 Å². The lowest BCUT2D eigenvalue weighted by molar-refractivity contribution is 0.291. The maximum atomic E-state index is 3.78. The average Bonchev–Trinajstić information content (AvgIpc) is 2.32. The van der Waals surface area contributed by atoms with Crippen LogP contribution in [0.1, 0.15) is 56.7 Å². The van der Waals surface area contributed by atoms with E-state index in [0.717, 1.165) is 12.0 Å². The van der Waals surface area contributed by atoms with Crippen LogP contribution in [-0.2, 0) is 0 Å². The Hall–Kier alpha value is -0.820. The molecule has 1 nitrogen and oxygen atoms in total. The van der Waals surface area contributed by atoms with E-state index in [1.807, 2.05) is 0 Å². The summed E-state index contributed by atoms with van der Waals surface area (Å²) in [5.41, 5.74) is 2.78. The average molecular weight is 231 g/mol. The molecule has 0 aliphatic heterocycles. The molecule has 0 bridgehead atoms. The lowest BCUT2D eigenvalue weighted by Crippen LogP contribution is -2.34. The first-order valence-corrected chi connectivity index (χ1v) is 6.98. The fourth-order valence-electron chi connectivity index (χ4n) is 2.82. The largest absolute Gasteiger partial charge is 0.307 e. The molecule has 0 radical (unpaired) electrons. The van der Waals surface area contributed by atoms with Crippen LogP contribution in [0.2, 0.25) is 0 Å². The number of nitrogens with one attached hydrogen (secondary N) is 1. The molecule has 94 valence electrons. The lowest BCUT2D eigenvalue weighted by Gasteiger charge is -2.30. The van der Waals surface area contributed by atoms with Gasteiger partial charge in [-0.1, -0.05) is 36.8 Å². The number of hydrogen-bond acceptors (Lipinski definition) is 1. The van der Waals surface area contributed by atoms with E-state index in [9.17, 15) is 0 Å². The third-order valence-corrected chi connectivity index (χ3v) is 4.04. The van der Waals surface area contributed by atoms with Crippen LogP contribution >= 0.6 is 0 Å². The van der Waals surface area contributed by atoms with Gasteiger partial charge >= 0.3 is 0 Å². The predicted molar refractivity (Wildman–Crippen MR) is 74.1 cm³/mol. The Kier molecular flexibility index (Phi) is 4.22. The maximum Gasteiger partial charge on any atom is 0.0294 e. The molecular formula is C16H25N. The Balaban J connectivity index is 1.90. The molecular weight excluding hydrogens is 206 g/mol. The fourth-order valence-corrected chi connectivity index (χ4v) is 2.82. The molecule has 1 atom stereocenters. The highest BCUT2D eigenvalue weighted by Gasteiger charge is 2.19. The Labute approximate surface area is 106 Å². The van der Waals surface area contributed by atoms with Crippen LogP contribution in [0.5, 0.6) is 0 Å². The lowest BCUT2D eigenvalue weighted by atomic mass is 9.87. The quantitative estimate of drug-likeness (QED) is 0.821. The van der Waals surface area contributed by atoms with Gasteiger partial charge in [0.05, 0.1) is 0 Å². The molecule has 1 aromatic rings. The van der Waals surface area contributed by atoms with E-state index in [4.69, 9.17) is 0 Å². The Morgan fingerprint density at radius 1 is 1.18 bits per heavy atom. The number of benzene rings is 1. The Morgan fingerprint density at radius 2 is 1.88 bits per heavy atom. The standard InChI is InChI=1S/C16H25N/c1-12-7-9-16(10-8-12)17-14(3)15-6-4-5-13(2)11-15/h4-6,11-12,14,16-17H,7-10H2,1-3H3. The normalized spacial score (nSPS) is 26.8. The molecule has 1 aliphatic carbocycles. The summed E-state index contributed by atoms with van der Waals surface area (Å²) in [4.78, 5) is 0. The van der Waals surface area contributed by atoms with E-state index in [2.05, 4.69) is 50.4 Å². The third-order valence-electron chi connectivity index (χ3n) is 4.04. The minimum Gasteiger partial charge on any atom is -0.307 e. The molecule has 2 rings (SSSR count). The van der Waals surface area contributed by atoms with Gasteiger partial charge in [0, 0.05) is 12.1 Å². The van der Waals surface area contributed by atoms with Gasteiger partial charge in [0.2, 0.25) is 0 Å². The van der Waals surface area contributed by atoms with Gasteiger partial charge in [-0.2, -0.15) is 0 Å². The van der Waals surface area contributed by atoms with E-state index in [-0.39, 0.29) is 0 Å². The molecule has 1 saturated carbocycles. The van der Waals surface area contributed by atoms with Crippen molar-refractivity contribution >= 4 is 0 Å². The van der Waals surface area contributed by atoms with Crippen LogP contribution in [0.15, 0.2) is 24.3 Å². The zero-order valence-electron chi connectivity index (χ0n) is 11.4. The summed E-state index contributed by atoms with van der Waals surface area (Å²) in [6, 6.07) is 10.1. The van der Waals surface area contributed by atoms with Crippen LogP contribution in [0.4, 0.5) is 0 Å². The second-order valence-electron chi connectivity index (χ2n) is 5.76. The summed E-state index contributed by atoms with van der Waals surface area (Å²) in [6.07, 6.45) is 5.46. The monoisotopic (exact) mass is 231 g/mol. The van der Waals surface area contributed by atoms with Crippen molar-refractivity contribution < 1.29 is 0 Å². The van der Waals surface area contributed by atoms with Crippen molar-refractivity contribution in [2.24, 2.45) is 5.92 Å². The SMILES string of the molecule is Cc1cccc(C(C)NC2CCC(C)CC2)c1. The van der Waals surface area contributed by atoms with E-state index < -0.39 is 0 Å². The minimum absolute atomic E-state index is 0.480.